The summed E-state index contributed by atoms with van der Waals surface area (Å²) in [5.74, 6) is 5.11. The number of ether oxygens (including phenoxy) is 1. The Balaban J connectivity index is 1.44. The van der Waals surface area contributed by atoms with Gasteiger partial charge >= 0.3 is 5.97 Å². The lowest BCUT2D eigenvalue weighted by Gasteiger charge is -2.58. The molecule has 3 saturated carbocycles. The first-order valence-electron chi connectivity index (χ1n) is 14.6. The molecule has 0 bridgehead atoms. The van der Waals surface area contributed by atoms with Crippen LogP contribution in [0.1, 0.15) is 119 Å². The summed E-state index contributed by atoms with van der Waals surface area (Å²) < 4.78 is 5.90. The highest BCUT2D eigenvalue weighted by atomic mass is 16.5. The molecule has 4 rings (SSSR count). The predicted molar refractivity (Wildman–Crippen MR) is 142 cm³/mol. The zero-order chi connectivity index (χ0) is 24.7. The van der Waals surface area contributed by atoms with Crippen molar-refractivity contribution in [1.29, 1.82) is 0 Å². The van der Waals surface area contributed by atoms with Gasteiger partial charge in [0.15, 0.2) is 0 Å². The summed E-state index contributed by atoms with van der Waals surface area (Å²) in [6, 6.07) is 0. The maximum atomic E-state index is 12.3. The minimum atomic E-state index is -0.127. The summed E-state index contributed by atoms with van der Waals surface area (Å²) in [6.45, 7) is 16.3. The van der Waals surface area contributed by atoms with Crippen LogP contribution in [-0.4, -0.2) is 12.1 Å². The van der Waals surface area contributed by atoms with E-state index in [-0.39, 0.29) is 12.1 Å². The molecule has 0 N–H and O–H groups in total. The number of carbonyl (C=O) groups excluding carboxylic acids is 1. The van der Waals surface area contributed by atoms with Crippen LogP contribution < -0.4 is 0 Å². The van der Waals surface area contributed by atoms with E-state index in [0.29, 0.717) is 10.8 Å². The van der Waals surface area contributed by atoms with Gasteiger partial charge in [-0.15, -0.1) is 0 Å². The van der Waals surface area contributed by atoms with Crippen molar-refractivity contribution in [3.63, 3.8) is 0 Å². The second-order valence-corrected chi connectivity index (χ2v) is 13.5. The maximum absolute atomic E-state index is 12.3. The Bertz CT molecular complexity index is 806. The van der Waals surface area contributed by atoms with Gasteiger partial charge in [-0.1, -0.05) is 71.6 Å². The van der Waals surface area contributed by atoms with Gasteiger partial charge in [0.25, 0.3) is 0 Å². The molecule has 2 heteroatoms. The second kappa shape index (κ2) is 10.1. The Kier molecular flexibility index (Phi) is 7.76. The van der Waals surface area contributed by atoms with Gasteiger partial charge < -0.3 is 4.74 Å². The number of esters is 1. The summed E-state index contributed by atoms with van der Waals surface area (Å²) in [6.07, 6.45) is 18.9. The number of rotatable bonds is 7. The molecule has 0 aliphatic heterocycles. The Morgan fingerprint density at radius 2 is 1.85 bits per heavy atom. The monoisotopic (exact) mass is 468 g/mol. The first-order valence-corrected chi connectivity index (χ1v) is 14.6. The van der Waals surface area contributed by atoms with Crippen LogP contribution in [0.2, 0.25) is 0 Å². The summed E-state index contributed by atoms with van der Waals surface area (Å²) >= 11 is 0. The fourth-order valence-corrected chi connectivity index (χ4v) is 9.11. The van der Waals surface area contributed by atoms with Crippen molar-refractivity contribution in [3.8, 4) is 0 Å². The Morgan fingerprint density at radius 1 is 1.09 bits per heavy atom. The minimum absolute atomic E-state index is 0.0645. The van der Waals surface area contributed by atoms with Gasteiger partial charge in [0, 0.05) is 12.0 Å². The van der Waals surface area contributed by atoms with E-state index in [2.05, 4.69) is 40.7 Å². The normalized spacial score (nSPS) is 40.8. The van der Waals surface area contributed by atoms with Gasteiger partial charge in [0.2, 0.25) is 0 Å². The highest BCUT2D eigenvalue weighted by Gasteiger charge is 2.59. The maximum Gasteiger partial charge on any atom is 0.333 e. The van der Waals surface area contributed by atoms with Crippen LogP contribution in [-0.2, 0) is 9.53 Å². The molecule has 0 saturated heterocycles. The Labute approximate surface area is 210 Å². The van der Waals surface area contributed by atoms with Crippen LogP contribution in [0.25, 0.3) is 0 Å². The van der Waals surface area contributed by atoms with E-state index in [1.54, 1.807) is 5.57 Å². The topological polar surface area (TPSA) is 26.3 Å². The highest BCUT2D eigenvalue weighted by Crippen LogP contribution is 2.67. The first-order chi connectivity index (χ1) is 16.1. The first kappa shape index (κ1) is 26.0. The third-order valence-electron chi connectivity index (χ3n) is 11.3. The summed E-state index contributed by atoms with van der Waals surface area (Å²) in [5, 5.41) is 0. The van der Waals surface area contributed by atoms with Crippen LogP contribution in [0.4, 0.5) is 0 Å². The average Bonchev–Trinajstić information content (AvgIpc) is 3.15. The second-order valence-electron chi connectivity index (χ2n) is 13.5. The standard InChI is InChI=1S/C32H52O2/c1-8-22(4)30(33)34-25-16-18-31(6)24(20-25)12-13-26-28-15-14-27(23(5)11-9-10-21(2)3)32(28,7)19-17-29(26)31/h8,12,21,23,25-29H,9-11,13-20H2,1-7H3/b22-8+. The van der Waals surface area contributed by atoms with Crippen LogP contribution in [0.3, 0.4) is 0 Å². The summed E-state index contributed by atoms with van der Waals surface area (Å²) in [4.78, 5) is 12.3. The van der Waals surface area contributed by atoms with Gasteiger partial charge in [-0.3, -0.25) is 0 Å². The highest BCUT2D eigenvalue weighted by molar-refractivity contribution is 5.87. The lowest BCUT2D eigenvalue weighted by atomic mass is 9.47. The molecular weight excluding hydrogens is 416 g/mol. The van der Waals surface area contributed by atoms with Crippen molar-refractivity contribution >= 4 is 5.97 Å². The number of carbonyl (C=O) groups is 1. The SMILES string of the molecule is C/C=C(\C)C(=O)OC1CCC2(C)C(=CCC3C2CCC2(C)C(C(C)CCCC(C)C)CCC32)C1. The molecule has 0 spiro atoms. The van der Waals surface area contributed by atoms with E-state index in [1.165, 1.54) is 57.8 Å². The molecule has 4 aliphatic carbocycles. The van der Waals surface area contributed by atoms with Crippen molar-refractivity contribution in [2.24, 2.45) is 46.3 Å². The van der Waals surface area contributed by atoms with Crippen LogP contribution in [0, 0.1) is 46.3 Å². The molecule has 0 heterocycles. The fraction of sp³-hybridized carbons (Fsp3) is 0.844. The summed E-state index contributed by atoms with van der Waals surface area (Å²) in [7, 11) is 0. The van der Waals surface area contributed by atoms with E-state index in [9.17, 15) is 4.79 Å². The van der Waals surface area contributed by atoms with Gasteiger partial charge in [0.05, 0.1) is 0 Å². The zero-order valence-electron chi connectivity index (χ0n) is 23.3. The van der Waals surface area contributed by atoms with E-state index in [4.69, 9.17) is 4.74 Å². The van der Waals surface area contributed by atoms with E-state index in [0.717, 1.165) is 53.9 Å². The molecule has 0 aromatic carbocycles. The van der Waals surface area contributed by atoms with E-state index < -0.39 is 0 Å². The lowest BCUT2D eigenvalue weighted by molar-refractivity contribution is -0.146. The fourth-order valence-electron chi connectivity index (χ4n) is 9.11. The average molecular weight is 469 g/mol. The number of hydrogen-bond acceptors (Lipinski definition) is 2. The third-order valence-corrected chi connectivity index (χ3v) is 11.3. The van der Waals surface area contributed by atoms with Crippen LogP contribution in [0.15, 0.2) is 23.3 Å². The molecule has 8 atom stereocenters. The molecule has 2 nitrogen and oxygen atoms in total. The van der Waals surface area contributed by atoms with Crippen LogP contribution >= 0.6 is 0 Å². The molecular formula is C32H52O2. The molecule has 192 valence electrons. The van der Waals surface area contributed by atoms with Crippen molar-refractivity contribution in [2.45, 2.75) is 125 Å². The quantitative estimate of drug-likeness (QED) is 0.212. The van der Waals surface area contributed by atoms with E-state index in [1.807, 2.05) is 19.9 Å². The van der Waals surface area contributed by atoms with Gasteiger partial charge in [-0.05, 0) is 105 Å². The van der Waals surface area contributed by atoms with E-state index >= 15 is 0 Å². The molecule has 3 fully saturated rings. The number of hydrogen-bond donors (Lipinski definition) is 0. The third kappa shape index (κ3) is 4.69. The minimum Gasteiger partial charge on any atom is -0.459 e. The van der Waals surface area contributed by atoms with Crippen molar-refractivity contribution in [1.82, 2.24) is 0 Å². The summed E-state index contributed by atoms with van der Waals surface area (Å²) in [5.41, 5.74) is 3.21. The lowest BCUT2D eigenvalue weighted by Crippen LogP contribution is -2.51. The zero-order valence-corrected chi connectivity index (χ0v) is 23.3. The van der Waals surface area contributed by atoms with Crippen LogP contribution in [0.5, 0.6) is 0 Å². The molecule has 4 aliphatic rings. The molecule has 0 radical (unpaired) electrons. The molecule has 0 amide bonds. The van der Waals surface area contributed by atoms with Crippen molar-refractivity contribution < 1.29 is 9.53 Å². The molecule has 34 heavy (non-hydrogen) atoms. The Hall–Kier alpha value is -1.05. The van der Waals surface area contributed by atoms with Crippen molar-refractivity contribution in [3.05, 3.63) is 23.3 Å². The van der Waals surface area contributed by atoms with Gasteiger partial charge in [-0.25, -0.2) is 4.79 Å². The largest absolute Gasteiger partial charge is 0.459 e. The van der Waals surface area contributed by atoms with Gasteiger partial charge in [0.1, 0.15) is 6.10 Å². The van der Waals surface area contributed by atoms with Crippen molar-refractivity contribution in [2.75, 3.05) is 0 Å². The van der Waals surface area contributed by atoms with Gasteiger partial charge in [-0.2, -0.15) is 0 Å². The predicted octanol–water partition coefficient (Wildman–Crippen LogP) is 8.91. The number of fused-ring (bicyclic) bond motifs is 5. The molecule has 0 aromatic rings. The molecule has 8 unspecified atom stereocenters. The number of allylic oxidation sites excluding steroid dienone is 2. The Morgan fingerprint density at radius 3 is 2.56 bits per heavy atom. The smallest absolute Gasteiger partial charge is 0.333 e. The molecule has 0 aromatic heterocycles.